The Kier molecular flexibility index (Phi) is 4.72. The van der Waals surface area contributed by atoms with E-state index in [2.05, 4.69) is 23.9 Å². The molecule has 2 atom stereocenters. The summed E-state index contributed by atoms with van der Waals surface area (Å²) in [5.74, 6) is 0.912. The molecule has 0 amide bonds. The summed E-state index contributed by atoms with van der Waals surface area (Å²) in [6.45, 7) is 5.34. The summed E-state index contributed by atoms with van der Waals surface area (Å²) >= 11 is 0. The second kappa shape index (κ2) is 6.31. The number of Topliss-reactive ketones (excluding diaryl/α,β-unsaturated/α-hetero) is 1. The topological polar surface area (TPSA) is 23.6 Å². The molecule has 0 saturated carbocycles. The van der Waals surface area contributed by atoms with E-state index in [0.29, 0.717) is 5.92 Å². The molecule has 3 nitrogen and oxygen atoms in total. The van der Waals surface area contributed by atoms with E-state index >= 15 is 0 Å². The monoisotopic (exact) mass is 260 g/mol. The molecule has 3 heteroatoms. The van der Waals surface area contributed by atoms with Crippen molar-refractivity contribution in [2.75, 3.05) is 33.7 Å². The van der Waals surface area contributed by atoms with Gasteiger partial charge in [-0.05, 0) is 39.9 Å². The summed E-state index contributed by atoms with van der Waals surface area (Å²) in [6.07, 6.45) is 1.24. The number of likely N-dealkylation sites (tertiary alicyclic amines) is 1. The molecular weight excluding hydrogens is 236 g/mol. The summed E-state index contributed by atoms with van der Waals surface area (Å²) in [6, 6.07) is 9.54. The first kappa shape index (κ1) is 14.2. The highest BCUT2D eigenvalue weighted by molar-refractivity contribution is 5.99. The Morgan fingerprint density at radius 1 is 1.42 bits per heavy atom. The molecule has 1 aromatic carbocycles. The van der Waals surface area contributed by atoms with E-state index in [1.54, 1.807) is 0 Å². The summed E-state index contributed by atoms with van der Waals surface area (Å²) in [7, 11) is 4.22. The molecule has 1 aliphatic heterocycles. The van der Waals surface area contributed by atoms with Crippen molar-refractivity contribution in [3.05, 3.63) is 35.9 Å². The zero-order chi connectivity index (χ0) is 13.8. The molecule has 0 aromatic heterocycles. The lowest BCUT2D eigenvalue weighted by Crippen LogP contribution is -2.39. The summed E-state index contributed by atoms with van der Waals surface area (Å²) in [4.78, 5) is 16.9. The van der Waals surface area contributed by atoms with Gasteiger partial charge in [-0.2, -0.15) is 0 Å². The minimum atomic E-state index is -0.0479. The van der Waals surface area contributed by atoms with E-state index in [1.165, 1.54) is 13.0 Å². The Balaban J connectivity index is 1.91. The highest BCUT2D eigenvalue weighted by atomic mass is 16.1. The van der Waals surface area contributed by atoms with Gasteiger partial charge >= 0.3 is 0 Å². The molecule has 2 unspecified atom stereocenters. The number of hydrogen-bond donors (Lipinski definition) is 0. The van der Waals surface area contributed by atoms with Gasteiger partial charge < -0.3 is 4.90 Å². The molecule has 1 saturated heterocycles. The van der Waals surface area contributed by atoms with E-state index in [0.717, 1.165) is 18.7 Å². The molecule has 0 aliphatic carbocycles. The van der Waals surface area contributed by atoms with Crippen molar-refractivity contribution in [2.24, 2.45) is 5.92 Å². The lowest BCUT2D eigenvalue weighted by atomic mass is 10.0. The Hall–Kier alpha value is -1.19. The largest absolute Gasteiger partial charge is 0.306 e. The molecule has 2 rings (SSSR count). The Labute approximate surface area is 116 Å². The summed E-state index contributed by atoms with van der Waals surface area (Å²) in [5.41, 5.74) is 0.811. The van der Waals surface area contributed by atoms with Gasteiger partial charge in [-0.25, -0.2) is 0 Å². The number of carbonyl (C=O) groups excluding carboxylic acids is 1. The van der Waals surface area contributed by atoms with E-state index in [1.807, 2.05) is 37.3 Å². The number of carbonyl (C=O) groups is 1. The lowest BCUT2D eigenvalue weighted by Gasteiger charge is -2.26. The zero-order valence-corrected chi connectivity index (χ0v) is 12.2. The van der Waals surface area contributed by atoms with Crippen LogP contribution in [0.15, 0.2) is 30.3 Å². The minimum Gasteiger partial charge on any atom is -0.306 e. The maximum Gasteiger partial charge on any atom is 0.179 e. The third kappa shape index (κ3) is 3.64. The van der Waals surface area contributed by atoms with Gasteiger partial charge in [0.15, 0.2) is 5.78 Å². The maximum absolute atomic E-state index is 12.4. The average molecular weight is 260 g/mol. The standard InChI is InChI=1S/C16H24N2O/c1-13(16(19)15-7-5-4-6-8-15)18(3)12-14-9-10-17(2)11-14/h4-8,13-14H,9-12H2,1-3H3. The number of likely N-dealkylation sites (N-methyl/N-ethyl adjacent to an activating group) is 1. The molecule has 1 aromatic rings. The van der Waals surface area contributed by atoms with Crippen LogP contribution < -0.4 is 0 Å². The SMILES string of the molecule is CC(C(=O)c1ccccc1)N(C)CC1CCN(C)C1. The number of hydrogen-bond acceptors (Lipinski definition) is 3. The third-order valence-electron chi connectivity index (χ3n) is 4.13. The molecule has 1 aliphatic rings. The van der Waals surface area contributed by atoms with Crippen LogP contribution in [0.4, 0.5) is 0 Å². The third-order valence-corrected chi connectivity index (χ3v) is 4.13. The van der Waals surface area contributed by atoms with Crippen LogP contribution in [-0.2, 0) is 0 Å². The van der Waals surface area contributed by atoms with Gasteiger partial charge in [0, 0.05) is 18.7 Å². The number of nitrogens with zero attached hydrogens (tertiary/aromatic N) is 2. The molecule has 19 heavy (non-hydrogen) atoms. The van der Waals surface area contributed by atoms with E-state index < -0.39 is 0 Å². The van der Waals surface area contributed by atoms with Crippen LogP contribution in [0.1, 0.15) is 23.7 Å². The fourth-order valence-electron chi connectivity index (χ4n) is 2.78. The highest BCUT2D eigenvalue weighted by Crippen LogP contribution is 2.17. The fourth-order valence-corrected chi connectivity index (χ4v) is 2.78. The van der Waals surface area contributed by atoms with Gasteiger partial charge in [0.05, 0.1) is 6.04 Å². The normalized spacial score (nSPS) is 21.8. The fraction of sp³-hybridized carbons (Fsp3) is 0.562. The highest BCUT2D eigenvalue weighted by Gasteiger charge is 2.25. The molecule has 0 spiro atoms. The predicted octanol–water partition coefficient (Wildman–Crippen LogP) is 2.14. The van der Waals surface area contributed by atoms with E-state index in [9.17, 15) is 4.79 Å². The quantitative estimate of drug-likeness (QED) is 0.758. The van der Waals surface area contributed by atoms with Crippen LogP contribution in [-0.4, -0.2) is 55.4 Å². The molecular formula is C16H24N2O. The number of ketones is 1. The van der Waals surface area contributed by atoms with Crippen LogP contribution in [0, 0.1) is 5.92 Å². The molecule has 1 fully saturated rings. The van der Waals surface area contributed by atoms with Gasteiger partial charge in [-0.1, -0.05) is 30.3 Å². The molecule has 0 N–H and O–H groups in total. The summed E-state index contributed by atoms with van der Waals surface area (Å²) in [5, 5.41) is 0. The first-order valence-electron chi connectivity index (χ1n) is 7.06. The van der Waals surface area contributed by atoms with Crippen molar-refractivity contribution >= 4 is 5.78 Å². The van der Waals surface area contributed by atoms with Crippen LogP contribution in [0.2, 0.25) is 0 Å². The van der Waals surface area contributed by atoms with Crippen LogP contribution in [0.5, 0.6) is 0 Å². The van der Waals surface area contributed by atoms with E-state index in [-0.39, 0.29) is 11.8 Å². The van der Waals surface area contributed by atoms with Crippen LogP contribution in [0.3, 0.4) is 0 Å². The smallest absolute Gasteiger partial charge is 0.179 e. The van der Waals surface area contributed by atoms with Crippen molar-refractivity contribution < 1.29 is 4.79 Å². The number of rotatable bonds is 5. The van der Waals surface area contributed by atoms with Gasteiger partial charge in [0.25, 0.3) is 0 Å². The molecule has 1 heterocycles. The average Bonchev–Trinajstić information content (AvgIpc) is 2.83. The minimum absolute atomic E-state index is 0.0479. The van der Waals surface area contributed by atoms with Gasteiger partial charge in [-0.3, -0.25) is 9.69 Å². The second-order valence-corrected chi connectivity index (χ2v) is 5.76. The molecule has 104 valence electrons. The van der Waals surface area contributed by atoms with Gasteiger partial charge in [0.1, 0.15) is 0 Å². The first-order chi connectivity index (χ1) is 9.08. The Bertz CT molecular complexity index is 418. The molecule has 0 radical (unpaired) electrons. The van der Waals surface area contributed by atoms with Crippen molar-refractivity contribution in [3.63, 3.8) is 0 Å². The van der Waals surface area contributed by atoms with Crippen molar-refractivity contribution in [1.82, 2.24) is 9.80 Å². The van der Waals surface area contributed by atoms with Crippen LogP contribution in [0.25, 0.3) is 0 Å². The zero-order valence-electron chi connectivity index (χ0n) is 12.2. The predicted molar refractivity (Wildman–Crippen MR) is 78.5 cm³/mol. The van der Waals surface area contributed by atoms with Gasteiger partial charge in [0.2, 0.25) is 0 Å². The van der Waals surface area contributed by atoms with Gasteiger partial charge in [-0.15, -0.1) is 0 Å². The van der Waals surface area contributed by atoms with Crippen molar-refractivity contribution in [1.29, 1.82) is 0 Å². The van der Waals surface area contributed by atoms with Crippen LogP contribution >= 0.6 is 0 Å². The molecule has 0 bridgehead atoms. The maximum atomic E-state index is 12.4. The van der Waals surface area contributed by atoms with E-state index in [4.69, 9.17) is 0 Å². The Morgan fingerprint density at radius 3 is 2.68 bits per heavy atom. The summed E-state index contributed by atoms with van der Waals surface area (Å²) < 4.78 is 0. The number of benzene rings is 1. The first-order valence-corrected chi connectivity index (χ1v) is 7.06. The lowest BCUT2D eigenvalue weighted by molar-refractivity contribution is 0.0853. The second-order valence-electron chi connectivity index (χ2n) is 5.76. The Morgan fingerprint density at radius 2 is 2.11 bits per heavy atom. The van der Waals surface area contributed by atoms with Crippen molar-refractivity contribution in [3.8, 4) is 0 Å². The van der Waals surface area contributed by atoms with Crippen molar-refractivity contribution in [2.45, 2.75) is 19.4 Å².